The van der Waals surface area contributed by atoms with Crippen LogP contribution in [0.4, 0.5) is 0 Å². The topological polar surface area (TPSA) is 49.3 Å². The molecular formula is C12H15Cl2NO2S. The summed E-state index contributed by atoms with van der Waals surface area (Å²) in [6.07, 6.45) is 1.89. The van der Waals surface area contributed by atoms with E-state index < -0.39 is 0 Å². The van der Waals surface area contributed by atoms with Crippen LogP contribution in [0.1, 0.15) is 17.3 Å². The molecule has 0 fully saturated rings. The summed E-state index contributed by atoms with van der Waals surface area (Å²) in [5.41, 5.74) is 0.453. The second-order valence-corrected chi connectivity index (χ2v) is 5.74. The van der Waals surface area contributed by atoms with Crippen molar-refractivity contribution < 1.29 is 9.90 Å². The van der Waals surface area contributed by atoms with Crippen LogP contribution in [0.15, 0.2) is 18.2 Å². The van der Waals surface area contributed by atoms with E-state index >= 15 is 0 Å². The lowest BCUT2D eigenvalue weighted by Gasteiger charge is -2.21. The van der Waals surface area contributed by atoms with Crippen LogP contribution in [0, 0.1) is 0 Å². The standard InChI is InChI=1S/C12H15Cl2NO2S/c1-7(11(6-16)18-2)15-12(17)8-3-4-9(13)10(14)5-8/h3-5,7,11,16H,6H2,1-2H3,(H,15,17). The van der Waals surface area contributed by atoms with Crippen LogP contribution in [0.3, 0.4) is 0 Å². The zero-order valence-corrected chi connectivity index (χ0v) is 12.4. The fraction of sp³-hybridized carbons (Fsp3) is 0.417. The van der Waals surface area contributed by atoms with E-state index in [0.717, 1.165) is 0 Å². The molecule has 0 aliphatic carbocycles. The molecule has 3 nitrogen and oxygen atoms in total. The molecular weight excluding hydrogens is 293 g/mol. The Bertz CT molecular complexity index is 425. The molecule has 0 heterocycles. The lowest BCUT2D eigenvalue weighted by molar-refractivity contribution is 0.0936. The van der Waals surface area contributed by atoms with Gasteiger partial charge in [-0.2, -0.15) is 11.8 Å². The maximum atomic E-state index is 12.0. The van der Waals surface area contributed by atoms with E-state index in [1.807, 2.05) is 13.2 Å². The van der Waals surface area contributed by atoms with E-state index in [0.29, 0.717) is 15.6 Å². The van der Waals surface area contributed by atoms with Crippen molar-refractivity contribution in [2.24, 2.45) is 0 Å². The van der Waals surface area contributed by atoms with Gasteiger partial charge in [0.05, 0.1) is 16.7 Å². The first-order valence-corrected chi connectivity index (χ1v) is 7.43. The van der Waals surface area contributed by atoms with Crippen molar-refractivity contribution in [2.45, 2.75) is 18.2 Å². The second kappa shape index (κ2) is 7.24. The van der Waals surface area contributed by atoms with Crippen LogP contribution in [-0.4, -0.2) is 35.2 Å². The van der Waals surface area contributed by atoms with Crippen molar-refractivity contribution in [2.75, 3.05) is 12.9 Å². The highest BCUT2D eigenvalue weighted by Gasteiger charge is 2.18. The first kappa shape index (κ1) is 15.6. The molecule has 1 aromatic rings. The minimum absolute atomic E-state index is 0.0178. The Balaban J connectivity index is 2.73. The number of carbonyl (C=O) groups is 1. The summed E-state index contributed by atoms with van der Waals surface area (Å²) in [5, 5.41) is 12.7. The summed E-state index contributed by atoms with van der Waals surface area (Å²) in [4.78, 5) is 12.0. The van der Waals surface area contributed by atoms with Gasteiger partial charge in [-0.05, 0) is 31.4 Å². The van der Waals surface area contributed by atoms with Gasteiger partial charge >= 0.3 is 0 Å². The molecule has 100 valence electrons. The van der Waals surface area contributed by atoms with Crippen molar-refractivity contribution in [1.29, 1.82) is 0 Å². The number of rotatable bonds is 5. The monoisotopic (exact) mass is 307 g/mol. The molecule has 18 heavy (non-hydrogen) atoms. The van der Waals surface area contributed by atoms with Crippen LogP contribution in [-0.2, 0) is 0 Å². The smallest absolute Gasteiger partial charge is 0.251 e. The summed E-state index contributed by atoms with van der Waals surface area (Å²) in [6.45, 7) is 1.87. The van der Waals surface area contributed by atoms with Gasteiger partial charge in [-0.3, -0.25) is 4.79 Å². The van der Waals surface area contributed by atoms with Gasteiger partial charge in [0, 0.05) is 16.9 Å². The van der Waals surface area contributed by atoms with Gasteiger partial charge in [0.15, 0.2) is 0 Å². The molecule has 1 rings (SSSR count). The van der Waals surface area contributed by atoms with E-state index in [-0.39, 0.29) is 23.8 Å². The van der Waals surface area contributed by atoms with Gasteiger partial charge in [-0.1, -0.05) is 23.2 Å². The number of halogens is 2. The van der Waals surface area contributed by atoms with Gasteiger partial charge in [0.2, 0.25) is 0 Å². The zero-order chi connectivity index (χ0) is 13.7. The van der Waals surface area contributed by atoms with Gasteiger partial charge in [-0.25, -0.2) is 0 Å². The highest BCUT2D eigenvalue weighted by Crippen LogP contribution is 2.22. The minimum Gasteiger partial charge on any atom is -0.395 e. The van der Waals surface area contributed by atoms with Crippen LogP contribution in [0.25, 0.3) is 0 Å². The minimum atomic E-state index is -0.228. The lowest BCUT2D eigenvalue weighted by Crippen LogP contribution is -2.41. The molecule has 0 aromatic heterocycles. The summed E-state index contributed by atoms with van der Waals surface area (Å²) < 4.78 is 0. The molecule has 0 saturated carbocycles. The molecule has 2 atom stereocenters. The maximum absolute atomic E-state index is 12.0. The summed E-state index contributed by atoms with van der Waals surface area (Å²) >= 11 is 13.2. The van der Waals surface area contributed by atoms with Crippen molar-refractivity contribution in [3.05, 3.63) is 33.8 Å². The van der Waals surface area contributed by atoms with E-state index in [2.05, 4.69) is 5.32 Å². The molecule has 0 bridgehead atoms. The molecule has 1 amide bonds. The van der Waals surface area contributed by atoms with Crippen molar-refractivity contribution in [3.8, 4) is 0 Å². The molecule has 2 N–H and O–H groups in total. The maximum Gasteiger partial charge on any atom is 0.251 e. The molecule has 0 aliphatic heterocycles. The first-order chi connectivity index (χ1) is 8.49. The van der Waals surface area contributed by atoms with E-state index in [4.69, 9.17) is 28.3 Å². The van der Waals surface area contributed by atoms with Gasteiger partial charge in [0.25, 0.3) is 5.91 Å². The highest BCUT2D eigenvalue weighted by atomic mass is 35.5. The molecule has 1 aromatic carbocycles. The number of aliphatic hydroxyl groups excluding tert-OH is 1. The Labute approximate surface area is 121 Å². The Hall–Kier alpha value is -0.420. The largest absolute Gasteiger partial charge is 0.395 e. The Morgan fingerprint density at radius 1 is 1.44 bits per heavy atom. The Morgan fingerprint density at radius 2 is 2.11 bits per heavy atom. The third-order valence-electron chi connectivity index (χ3n) is 2.58. The molecule has 0 aliphatic rings. The van der Waals surface area contributed by atoms with Crippen LogP contribution in [0.5, 0.6) is 0 Å². The average molecular weight is 308 g/mol. The molecule has 2 unspecified atom stereocenters. The third kappa shape index (κ3) is 4.05. The van der Waals surface area contributed by atoms with Crippen molar-refractivity contribution in [3.63, 3.8) is 0 Å². The fourth-order valence-corrected chi connectivity index (χ4v) is 2.38. The Morgan fingerprint density at radius 3 is 2.61 bits per heavy atom. The number of hydrogen-bond acceptors (Lipinski definition) is 3. The number of nitrogens with one attached hydrogen (secondary N) is 1. The molecule has 6 heteroatoms. The Kier molecular flexibility index (Phi) is 6.29. The number of carbonyl (C=O) groups excluding carboxylic acids is 1. The lowest BCUT2D eigenvalue weighted by atomic mass is 10.2. The first-order valence-electron chi connectivity index (χ1n) is 5.39. The molecule has 0 saturated heterocycles. The van der Waals surface area contributed by atoms with Crippen LogP contribution < -0.4 is 5.32 Å². The number of hydrogen-bond donors (Lipinski definition) is 2. The van der Waals surface area contributed by atoms with E-state index in [1.165, 1.54) is 17.8 Å². The number of amides is 1. The van der Waals surface area contributed by atoms with Crippen molar-refractivity contribution >= 4 is 40.9 Å². The SMILES string of the molecule is CSC(CO)C(C)NC(=O)c1ccc(Cl)c(Cl)c1. The molecule has 0 radical (unpaired) electrons. The van der Waals surface area contributed by atoms with Gasteiger partial charge in [0.1, 0.15) is 0 Å². The van der Waals surface area contributed by atoms with Gasteiger partial charge < -0.3 is 10.4 Å². The van der Waals surface area contributed by atoms with Crippen LogP contribution >= 0.6 is 35.0 Å². The highest BCUT2D eigenvalue weighted by molar-refractivity contribution is 7.99. The predicted molar refractivity (Wildman–Crippen MR) is 77.8 cm³/mol. The van der Waals surface area contributed by atoms with Crippen LogP contribution in [0.2, 0.25) is 10.0 Å². The quantitative estimate of drug-likeness (QED) is 0.879. The van der Waals surface area contributed by atoms with Crippen molar-refractivity contribution in [1.82, 2.24) is 5.32 Å². The summed E-state index contributed by atoms with van der Waals surface area (Å²) in [6, 6.07) is 4.59. The van der Waals surface area contributed by atoms with E-state index in [1.54, 1.807) is 12.1 Å². The predicted octanol–water partition coefficient (Wildman–Crippen LogP) is 2.84. The summed E-state index contributed by atoms with van der Waals surface area (Å²) in [7, 11) is 0. The number of aliphatic hydroxyl groups is 1. The fourth-order valence-electron chi connectivity index (χ4n) is 1.46. The van der Waals surface area contributed by atoms with Gasteiger partial charge in [-0.15, -0.1) is 0 Å². The number of benzene rings is 1. The normalized spacial score (nSPS) is 14.1. The number of thioether (sulfide) groups is 1. The summed E-state index contributed by atoms with van der Waals surface area (Å²) in [5.74, 6) is -0.228. The third-order valence-corrected chi connectivity index (χ3v) is 4.48. The van der Waals surface area contributed by atoms with E-state index in [9.17, 15) is 4.79 Å². The average Bonchev–Trinajstić information content (AvgIpc) is 2.34. The second-order valence-electron chi connectivity index (χ2n) is 3.85. The zero-order valence-electron chi connectivity index (χ0n) is 10.1. The molecule has 0 spiro atoms.